The second-order valence-electron chi connectivity index (χ2n) is 5.56. The number of amides is 3. The van der Waals surface area contributed by atoms with Gasteiger partial charge < -0.3 is 14.8 Å². The van der Waals surface area contributed by atoms with Crippen LogP contribution in [0.3, 0.4) is 0 Å². The van der Waals surface area contributed by atoms with Crippen LogP contribution in [0.4, 0.5) is 4.79 Å². The Balaban J connectivity index is 1.96. The number of carbonyl (C=O) groups is 3. The van der Waals surface area contributed by atoms with Crippen molar-refractivity contribution in [3.63, 3.8) is 0 Å². The quantitative estimate of drug-likeness (QED) is 0.590. The molecule has 0 aliphatic carbocycles. The summed E-state index contributed by atoms with van der Waals surface area (Å²) < 4.78 is 10.8. The summed E-state index contributed by atoms with van der Waals surface area (Å²) in [5.41, 5.74) is 0.394. The molecule has 0 spiro atoms. The number of carbonyl (C=O) groups excluding carboxylic acids is 3. The van der Waals surface area contributed by atoms with Crippen LogP contribution in [-0.2, 0) is 14.3 Å². The minimum Gasteiger partial charge on any atom is -0.449 e. The number of ether oxygens (including phenoxy) is 2. The predicted molar refractivity (Wildman–Crippen MR) is 93.6 cm³/mol. The van der Waals surface area contributed by atoms with E-state index in [4.69, 9.17) is 9.47 Å². The molecule has 1 fully saturated rings. The monoisotopic (exact) mass is 366 g/mol. The van der Waals surface area contributed by atoms with Gasteiger partial charge in [0.25, 0.3) is 5.91 Å². The molecular weight excluding hydrogens is 344 g/mol. The van der Waals surface area contributed by atoms with Crippen LogP contribution in [0.25, 0.3) is 0 Å². The number of urea groups is 1. The third kappa shape index (κ3) is 5.75. The van der Waals surface area contributed by atoms with Crippen LogP contribution in [0, 0.1) is 0 Å². The summed E-state index contributed by atoms with van der Waals surface area (Å²) in [6, 6.07) is 6.42. The summed E-state index contributed by atoms with van der Waals surface area (Å²) in [7, 11) is 1.39. The fourth-order valence-corrected chi connectivity index (χ4v) is 3.38. The van der Waals surface area contributed by atoms with E-state index in [0.29, 0.717) is 5.56 Å². The van der Waals surface area contributed by atoms with Crippen molar-refractivity contribution in [3.8, 4) is 0 Å². The second kappa shape index (κ2) is 9.43. The molecule has 7 nitrogen and oxygen atoms in total. The maximum Gasteiger partial charge on any atom is 0.340 e. The Morgan fingerprint density at radius 3 is 2.80 bits per heavy atom. The van der Waals surface area contributed by atoms with Crippen molar-refractivity contribution in [1.29, 1.82) is 0 Å². The Kier molecular flexibility index (Phi) is 7.27. The van der Waals surface area contributed by atoms with Crippen molar-refractivity contribution in [2.45, 2.75) is 36.9 Å². The third-order valence-corrected chi connectivity index (χ3v) is 4.88. The Labute approximate surface area is 150 Å². The van der Waals surface area contributed by atoms with E-state index in [-0.39, 0.29) is 6.10 Å². The SMILES string of the molecule is CNC(=O)NC(=O)[C@H](C)OC(=O)c1ccccc1SC[C@H]1CCCO1. The van der Waals surface area contributed by atoms with Crippen molar-refractivity contribution < 1.29 is 23.9 Å². The Bertz CT molecular complexity index is 631. The van der Waals surface area contributed by atoms with Crippen molar-refractivity contribution >= 4 is 29.7 Å². The first-order valence-corrected chi connectivity index (χ1v) is 9.06. The standard InChI is InChI=1S/C17H22N2O5S/c1-11(15(20)19-17(22)18-2)24-16(21)13-7-3-4-8-14(13)25-10-12-6-5-9-23-12/h3-4,7-8,11-12H,5-6,9-10H2,1-2H3,(H2,18,19,20,22)/t11-,12+/m0/s1. The predicted octanol–water partition coefficient (Wildman–Crippen LogP) is 1.96. The van der Waals surface area contributed by atoms with E-state index in [0.717, 1.165) is 30.1 Å². The van der Waals surface area contributed by atoms with Crippen LogP contribution in [0.2, 0.25) is 0 Å². The second-order valence-corrected chi connectivity index (χ2v) is 6.62. The molecule has 2 N–H and O–H groups in total. The first-order valence-electron chi connectivity index (χ1n) is 8.08. The number of thioether (sulfide) groups is 1. The highest BCUT2D eigenvalue weighted by molar-refractivity contribution is 7.99. The zero-order valence-corrected chi connectivity index (χ0v) is 15.1. The van der Waals surface area contributed by atoms with E-state index in [9.17, 15) is 14.4 Å². The zero-order valence-electron chi connectivity index (χ0n) is 14.2. The van der Waals surface area contributed by atoms with Crippen molar-refractivity contribution in [1.82, 2.24) is 10.6 Å². The van der Waals surface area contributed by atoms with Crippen LogP contribution >= 0.6 is 11.8 Å². The molecule has 0 bridgehead atoms. The molecule has 1 aliphatic heterocycles. The third-order valence-electron chi connectivity index (χ3n) is 3.67. The van der Waals surface area contributed by atoms with E-state index in [1.807, 2.05) is 12.1 Å². The Hall–Kier alpha value is -2.06. The van der Waals surface area contributed by atoms with Crippen LogP contribution in [-0.4, -0.2) is 49.5 Å². The van der Waals surface area contributed by atoms with E-state index in [1.54, 1.807) is 12.1 Å². The maximum absolute atomic E-state index is 12.4. The highest BCUT2D eigenvalue weighted by Crippen LogP contribution is 2.27. The average molecular weight is 366 g/mol. The molecule has 1 heterocycles. The molecule has 0 saturated carbocycles. The summed E-state index contributed by atoms with van der Waals surface area (Å²) in [4.78, 5) is 36.1. The first-order chi connectivity index (χ1) is 12.0. The van der Waals surface area contributed by atoms with Gasteiger partial charge in [-0.3, -0.25) is 10.1 Å². The molecule has 1 saturated heterocycles. The van der Waals surface area contributed by atoms with E-state index in [2.05, 4.69) is 10.6 Å². The number of hydrogen-bond acceptors (Lipinski definition) is 6. The molecule has 0 aromatic heterocycles. The van der Waals surface area contributed by atoms with Crippen molar-refractivity contribution in [2.24, 2.45) is 0 Å². The number of benzene rings is 1. The highest BCUT2D eigenvalue weighted by atomic mass is 32.2. The average Bonchev–Trinajstić information content (AvgIpc) is 3.13. The molecule has 25 heavy (non-hydrogen) atoms. The Morgan fingerprint density at radius 2 is 2.12 bits per heavy atom. The van der Waals surface area contributed by atoms with Gasteiger partial charge in [-0.1, -0.05) is 12.1 Å². The molecule has 1 aromatic carbocycles. The van der Waals surface area contributed by atoms with Gasteiger partial charge in [0.15, 0.2) is 6.10 Å². The summed E-state index contributed by atoms with van der Waals surface area (Å²) in [5.74, 6) is -0.524. The van der Waals surface area contributed by atoms with Gasteiger partial charge in [0.1, 0.15) is 0 Å². The van der Waals surface area contributed by atoms with Gasteiger partial charge in [-0.25, -0.2) is 9.59 Å². The van der Waals surface area contributed by atoms with E-state index < -0.39 is 24.0 Å². The minimum atomic E-state index is -1.08. The van der Waals surface area contributed by atoms with E-state index >= 15 is 0 Å². The largest absolute Gasteiger partial charge is 0.449 e. The topological polar surface area (TPSA) is 93.7 Å². The van der Waals surface area contributed by atoms with Gasteiger partial charge in [-0.05, 0) is 31.9 Å². The lowest BCUT2D eigenvalue weighted by molar-refractivity contribution is -0.127. The molecule has 1 aromatic rings. The molecule has 3 amide bonds. The molecule has 1 aliphatic rings. The minimum absolute atomic E-state index is 0.200. The van der Waals surface area contributed by atoms with Crippen LogP contribution in [0.1, 0.15) is 30.1 Å². The maximum atomic E-state index is 12.4. The molecule has 2 atom stereocenters. The summed E-state index contributed by atoms with van der Waals surface area (Å²) in [5, 5.41) is 4.34. The normalized spacial score (nSPS) is 17.6. The van der Waals surface area contributed by atoms with Crippen LogP contribution < -0.4 is 10.6 Å². The van der Waals surface area contributed by atoms with Crippen LogP contribution in [0.5, 0.6) is 0 Å². The number of rotatable bonds is 6. The first kappa shape index (κ1) is 19.3. The summed E-state index contributed by atoms with van der Waals surface area (Å²) in [6.07, 6.45) is 1.20. The van der Waals surface area contributed by atoms with Gasteiger partial charge in [0.05, 0.1) is 11.7 Å². The highest BCUT2D eigenvalue weighted by Gasteiger charge is 2.23. The van der Waals surface area contributed by atoms with Gasteiger partial charge in [-0.15, -0.1) is 11.8 Å². The van der Waals surface area contributed by atoms with Gasteiger partial charge >= 0.3 is 12.0 Å². The number of hydrogen-bond donors (Lipinski definition) is 2. The van der Waals surface area contributed by atoms with Gasteiger partial charge in [0, 0.05) is 24.3 Å². The van der Waals surface area contributed by atoms with Crippen molar-refractivity contribution in [3.05, 3.63) is 29.8 Å². The Morgan fingerprint density at radius 1 is 1.36 bits per heavy atom. The lowest BCUT2D eigenvalue weighted by atomic mass is 10.2. The lowest BCUT2D eigenvalue weighted by Gasteiger charge is -2.15. The van der Waals surface area contributed by atoms with Gasteiger partial charge in [-0.2, -0.15) is 0 Å². The number of esters is 1. The molecule has 2 rings (SSSR count). The molecular formula is C17H22N2O5S. The zero-order chi connectivity index (χ0) is 18.2. The van der Waals surface area contributed by atoms with Gasteiger partial charge in [0.2, 0.25) is 0 Å². The lowest BCUT2D eigenvalue weighted by Crippen LogP contribution is -2.43. The summed E-state index contributed by atoms with van der Waals surface area (Å²) >= 11 is 1.53. The fraction of sp³-hybridized carbons (Fsp3) is 0.471. The molecule has 0 radical (unpaired) electrons. The van der Waals surface area contributed by atoms with Crippen molar-refractivity contribution in [2.75, 3.05) is 19.4 Å². The van der Waals surface area contributed by atoms with Crippen LogP contribution in [0.15, 0.2) is 29.2 Å². The number of imide groups is 1. The smallest absolute Gasteiger partial charge is 0.340 e. The summed E-state index contributed by atoms with van der Waals surface area (Å²) in [6.45, 7) is 2.20. The molecule has 136 valence electrons. The fourth-order valence-electron chi connectivity index (χ4n) is 2.27. The molecule has 8 heteroatoms. The van der Waals surface area contributed by atoms with E-state index in [1.165, 1.54) is 25.7 Å². The molecule has 0 unspecified atom stereocenters. The number of nitrogens with one attached hydrogen (secondary N) is 2.